The highest BCUT2D eigenvalue weighted by atomic mass is 32.1. The van der Waals surface area contributed by atoms with Crippen LogP contribution in [0.4, 0.5) is 18.7 Å². The number of aromatic nitrogens is 1. The summed E-state index contributed by atoms with van der Waals surface area (Å²) in [6.07, 6.45) is 0. The summed E-state index contributed by atoms with van der Waals surface area (Å²) in [5.41, 5.74) is 0.754. The standard InChI is InChI=1S/C11H11F2N3OS/c1-15(11(17)16(6-12)7-13)10-14-8-4-2-3-5-9(8)18-10/h2-5H,6-7H2,1H3. The monoisotopic (exact) mass is 271 g/mol. The maximum absolute atomic E-state index is 12.4. The van der Waals surface area contributed by atoms with Crippen LogP contribution in [-0.4, -0.2) is 36.6 Å². The van der Waals surface area contributed by atoms with Gasteiger partial charge in [-0.05, 0) is 12.1 Å². The third-order valence-corrected chi connectivity index (χ3v) is 3.53. The molecule has 0 bridgehead atoms. The number of hydrogen-bond donors (Lipinski definition) is 0. The van der Waals surface area contributed by atoms with E-state index in [0.717, 1.165) is 15.1 Å². The van der Waals surface area contributed by atoms with Gasteiger partial charge >= 0.3 is 6.03 Å². The lowest BCUT2D eigenvalue weighted by Crippen LogP contribution is -2.40. The Balaban J connectivity index is 2.27. The van der Waals surface area contributed by atoms with Crippen LogP contribution in [0.15, 0.2) is 24.3 Å². The molecule has 0 aliphatic heterocycles. The normalized spacial score (nSPS) is 10.6. The van der Waals surface area contributed by atoms with E-state index in [4.69, 9.17) is 0 Å². The molecule has 0 radical (unpaired) electrons. The second kappa shape index (κ2) is 5.26. The first-order valence-corrected chi connectivity index (χ1v) is 5.99. The minimum Gasteiger partial charge on any atom is -0.273 e. The Hall–Kier alpha value is -1.76. The molecule has 0 aliphatic carbocycles. The Labute approximate surface area is 106 Å². The zero-order valence-electron chi connectivity index (χ0n) is 9.64. The molecule has 4 nitrogen and oxygen atoms in total. The first kappa shape index (κ1) is 12.7. The van der Waals surface area contributed by atoms with Crippen molar-refractivity contribution in [2.24, 2.45) is 0 Å². The predicted molar refractivity (Wildman–Crippen MR) is 67.2 cm³/mol. The van der Waals surface area contributed by atoms with Gasteiger partial charge in [-0.2, -0.15) is 0 Å². The average molecular weight is 271 g/mol. The van der Waals surface area contributed by atoms with Gasteiger partial charge in [-0.15, -0.1) is 0 Å². The van der Waals surface area contributed by atoms with Gasteiger partial charge in [-0.3, -0.25) is 9.80 Å². The lowest BCUT2D eigenvalue weighted by Gasteiger charge is -2.21. The molecule has 2 rings (SSSR count). The van der Waals surface area contributed by atoms with E-state index in [2.05, 4.69) is 4.98 Å². The van der Waals surface area contributed by atoms with Gasteiger partial charge in [-0.25, -0.2) is 18.6 Å². The maximum Gasteiger partial charge on any atom is 0.330 e. The van der Waals surface area contributed by atoms with Crippen LogP contribution in [0.3, 0.4) is 0 Å². The Morgan fingerprint density at radius 3 is 2.61 bits per heavy atom. The average Bonchev–Trinajstić information content (AvgIpc) is 2.82. The SMILES string of the molecule is CN(C(=O)N(CF)CF)c1nc2ccccc2s1. The molecule has 96 valence electrons. The molecule has 0 aliphatic rings. The first-order valence-electron chi connectivity index (χ1n) is 5.17. The fraction of sp³-hybridized carbons (Fsp3) is 0.273. The van der Waals surface area contributed by atoms with Gasteiger partial charge in [-0.1, -0.05) is 23.5 Å². The van der Waals surface area contributed by atoms with Gasteiger partial charge in [0.1, 0.15) is 0 Å². The number of benzene rings is 1. The molecule has 0 saturated carbocycles. The van der Waals surface area contributed by atoms with Crippen molar-refractivity contribution in [3.8, 4) is 0 Å². The molecule has 7 heteroatoms. The summed E-state index contributed by atoms with van der Waals surface area (Å²) in [7, 11) is 1.44. The number of rotatable bonds is 3. The van der Waals surface area contributed by atoms with Crippen molar-refractivity contribution < 1.29 is 13.6 Å². The Morgan fingerprint density at radius 2 is 2.00 bits per heavy atom. The number of amides is 2. The van der Waals surface area contributed by atoms with Crippen molar-refractivity contribution in [2.45, 2.75) is 0 Å². The molecule has 0 spiro atoms. The van der Waals surface area contributed by atoms with Crippen LogP contribution >= 0.6 is 11.3 Å². The molecule has 0 N–H and O–H groups in total. The Bertz CT molecular complexity index is 523. The molecule has 0 fully saturated rings. The molecule has 2 aromatic rings. The van der Waals surface area contributed by atoms with E-state index in [-0.39, 0.29) is 0 Å². The summed E-state index contributed by atoms with van der Waals surface area (Å²) in [5, 5.41) is 0.410. The summed E-state index contributed by atoms with van der Waals surface area (Å²) >= 11 is 1.29. The second-order valence-corrected chi connectivity index (χ2v) is 4.59. The lowest BCUT2D eigenvalue weighted by atomic mass is 10.3. The molecule has 1 heterocycles. The number of thiazole rings is 1. The number of anilines is 1. The van der Waals surface area contributed by atoms with Crippen molar-refractivity contribution in [3.05, 3.63) is 24.3 Å². The third kappa shape index (κ3) is 2.26. The van der Waals surface area contributed by atoms with Gasteiger partial charge < -0.3 is 0 Å². The van der Waals surface area contributed by atoms with Crippen LogP contribution in [0.25, 0.3) is 10.2 Å². The second-order valence-electron chi connectivity index (χ2n) is 3.58. The number of nitrogens with zero attached hydrogens (tertiary/aromatic N) is 3. The van der Waals surface area contributed by atoms with Crippen LogP contribution in [-0.2, 0) is 0 Å². The van der Waals surface area contributed by atoms with Gasteiger partial charge in [0.2, 0.25) is 0 Å². The number of carbonyl (C=O) groups excluding carboxylic acids is 1. The molecular weight excluding hydrogens is 260 g/mol. The fourth-order valence-corrected chi connectivity index (χ4v) is 2.35. The molecule has 2 amide bonds. The van der Waals surface area contributed by atoms with Gasteiger partial charge in [0.25, 0.3) is 0 Å². The highest BCUT2D eigenvalue weighted by Crippen LogP contribution is 2.28. The zero-order valence-corrected chi connectivity index (χ0v) is 10.5. The van der Waals surface area contributed by atoms with E-state index in [9.17, 15) is 13.6 Å². The molecule has 1 aromatic heterocycles. The molecule has 1 aromatic carbocycles. The summed E-state index contributed by atoms with van der Waals surface area (Å²) in [6.45, 7) is -2.32. The van der Waals surface area contributed by atoms with Gasteiger partial charge in [0, 0.05) is 7.05 Å². The van der Waals surface area contributed by atoms with Gasteiger partial charge in [0.15, 0.2) is 18.7 Å². The zero-order chi connectivity index (χ0) is 13.1. The molecular formula is C11H11F2N3OS. The van der Waals surface area contributed by atoms with E-state index in [1.54, 1.807) is 0 Å². The summed E-state index contributed by atoms with van der Waals surface area (Å²) in [4.78, 5) is 17.6. The van der Waals surface area contributed by atoms with Crippen LogP contribution in [0.5, 0.6) is 0 Å². The van der Waals surface area contributed by atoms with Crippen molar-refractivity contribution in [3.63, 3.8) is 0 Å². The summed E-state index contributed by atoms with van der Waals surface area (Å²) in [6, 6.07) is 6.64. The number of hydrogen-bond acceptors (Lipinski definition) is 3. The van der Waals surface area contributed by atoms with E-state index < -0.39 is 19.6 Å². The van der Waals surface area contributed by atoms with Crippen molar-refractivity contribution in [1.29, 1.82) is 0 Å². The highest BCUT2D eigenvalue weighted by molar-refractivity contribution is 7.22. The fourth-order valence-electron chi connectivity index (χ4n) is 1.43. The van der Waals surface area contributed by atoms with E-state index in [0.29, 0.717) is 10.0 Å². The molecule has 18 heavy (non-hydrogen) atoms. The number of carbonyl (C=O) groups is 1. The van der Waals surface area contributed by atoms with Crippen LogP contribution in [0.2, 0.25) is 0 Å². The number of fused-ring (bicyclic) bond motifs is 1. The largest absolute Gasteiger partial charge is 0.330 e. The lowest BCUT2D eigenvalue weighted by molar-refractivity contribution is 0.143. The van der Waals surface area contributed by atoms with Crippen LogP contribution in [0.1, 0.15) is 0 Å². The van der Waals surface area contributed by atoms with Crippen molar-refractivity contribution in [1.82, 2.24) is 9.88 Å². The molecule has 0 atom stereocenters. The number of para-hydroxylation sites is 1. The minimum atomic E-state index is -1.16. The molecule has 0 unspecified atom stereocenters. The quantitative estimate of drug-likeness (QED) is 0.805. The van der Waals surface area contributed by atoms with Crippen LogP contribution in [0, 0.1) is 0 Å². The number of urea groups is 1. The minimum absolute atomic E-state index is 0.410. The number of alkyl halides is 2. The van der Waals surface area contributed by atoms with Crippen molar-refractivity contribution in [2.75, 3.05) is 25.5 Å². The topological polar surface area (TPSA) is 36.4 Å². The first-order chi connectivity index (χ1) is 8.67. The van der Waals surface area contributed by atoms with E-state index in [1.807, 2.05) is 24.3 Å². The summed E-state index contributed by atoms with van der Waals surface area (Å²) < 4.78 is 25.7. The smallest absolute Gasteiger partial charge is 0.273 e. The Morgan fingerprint density at radius 1 is 1.33 bits per heavy atom. The third-order valence-electron chi connectivity index (χ3n) is 2.42. The van der Waals surface area contributed by atoms with E-state index in [1.165, 1.54) is 18.4 Å². The van der Waals surface area contributed by atoms with Gasteiger partial charge in [0.05, 0.1) is 10.2 Å². The van der Waals surface area contributed by atoms with E-state index >= 15 is 0 Å². The number of halogens is 2. The predicted octanol–water partition coefficient (Wildman–Crippen LogP) is 3.01. The Kier molecular flexibility index (Phi) is 3.71. The molecule has 0 saturated heterocycles. The van der Waals surface area contributed by atoms with Crippen molar-refractivity contribution >= 4 is 32.7 Å². The highest BCUT2D eigenvalue weighted by Gasteiger charge is 2.21. The maximum atomic E-state index is 12.4. The van der Waals surface area contributed by atoms with Crippen LogP contribution < -0.4 is 4.90 Å². The summed E-state index contributed by atoms with van der Waals surface area (Å²) in [5.74, 6) is 0.